The summed E-state index contributed by atoms with van der Waals surface area (Å²) in [5.41, 5.74) is 0.855. The van der Waals surface area contributed by atoms with Crippen LogP contribution in [0.4, 0.5) is 4.79 Å². The van der Waals surface area contributed by atoms with E-state index in [0.29, 0.717) is 11.4 Å². The maximum atomic E-state index is 12.9. The topological polar surface area (TPSA) is 69.7 Å². The van der Waals surface area contributed by atoms with Crippen molar-refractivity contribution < 1.29 is 13.2 Å². The zero-order valence-corrected chi connectivity index (χ0v) is 20.0. The number of hydrogen-bond donors (Lipinski definition) is 1. The van der Waals surface area contributed by atoms with E-state index >= 15 is 0 Å². The van der Waals surface area contributed by atoms with Crippen LogP contribution in [-0.4, -0.2) is 68.8 Å². The molecular weight excluding hydrogens is 386 g/mol. The smallest absolute Gasteiger partial charge is 0.317 e. The second-order valence-electron chi connectivity index (χ2n) is 8.64. The van der Waals surface area contributed by atoms with E-state index in [1.54, 1.807) is 23.1 Å². The number of amides is 2. The first-order valence-electron chi connectivity index (χ1n) is 10.5. The highest BCUT2D eigenvalue weighted by molar-refractivity contribution is 7.91. The summed E-state index contributed by atoms with van der Waals surface area (Å²) in [5.74, 6) is -0.0950. The highest BCUT2D eigenvalue weighted by Crippen LogP contribution is 2.25. The zero-order chi connectivity index (χ0) is 22.2. The molecule has 1 aromatic rings. The number of urea groups is 1. The van der Waals surface area contributed by atoms with Crippen LogP contribution in [0, 0.1) is 0 Å². The third-order valence-electron chi connectivity index (χ3n) is 5.14. The van der Waals surface area contributed by atoms with E-state index in [9.17, 15) is 13.2 Å². The van der Waals surface area contributed by atoms with Gasteiger partial charge in [0, 0.05) is 25.7 Å². The molecule has 29 heavy (non-hydrogen) atoms. The predicted octanol–water partition coefficient (Wildman–Crippen LogP) is 3.52. The highest BCUT2D eigenvalue weighted by atomic mass is 32.2. The Bertz CT molecular complexity index is 751. The second kappa shape index (κ2) is 11.0. The first-order chi connectivity index (χ1) is 13.4. The monoisotopic (exact) mass is 425 g/mol. The summed E-state index contributed by atoms with van der Waals surface area (Å²) in [6.07, 6.45) is 0. The van der Waals surface area contributed by atoms with Gasteiger partial charge in [0.15, 0.2) is 9.84 Å². The number of nitrogens with one attached hydrogen (secondary N) is 1. The second-order valence-corrected chi connectivity index (χ2v) is 10.8. The van der Waals surface area contributed by atoms with E-state index < -0.39 is 9.84 Å². The number of carbonyl (C=O) groups excluding carboxylic acids is 1. The van der Waals surface area contributed by atoms with Crippen LogP contribution in [0.25, 0.3) is 0 Å². The van der Waals surface area contributed by atoms with Gasteiger partial charge >= 0.3 is 6.03 Å². The predicted molar refractivity (Wildman–Crippen MR) is 120 cm³/mol. The Morgan fingerprint density at radius 1 is 1.10 bits per heavy atom. The van der Waals surface area contributed by atoms with Crippen LogP contribution in [-0.2, 0) is 15.3 Å². The number of carbonyl (C=O) groups is 1. The van der Waals surface area contributed by atoms with Gasteiger partial charge in [0.05, 0.1) is 10.6 Å². The minimum atomic E-state index is -3.48. The van der Waals surface area contributed by atoms with Gasteiger partial charge in [-0.2, -0.15) is 0 Å². The lowest BCUT2D eigenvalue weighted by atomic mass is 9.87. The lowest BCUT2D eigenvalue weighted by Crippen LogP contribution is -2.47. The first-order valence-corrected chi connectivity index (χ1v) is 12.2. The minimum absolute atomic E-state index is 0.0837. The standard InChI is InChI=1S/C22H39N3O3S/c1-8-24(9-2)14-13-23-21(26)25(18(3)4)15-16-29(27,28)20-12-10-11-19(17-20)22(5,6)7/h10-12,17-18H,8-9,13-16H2,1-7H3,(H,23,26). The third kappa shape index (κ3) is 7.97. The van der Waals surface area contributed by atoms with Gasteiger partial charge in [0.25, 0.3) is 0 Å². The average Bonchev–Trinajstić information content (AvgIpc) is 2.64. The maximum absolute atomic E-state index is 12.9. The molecule has 0 aliphatic carbocycles. The van der Waals surface area contributed by atoms with Gasteiger partial charge in [-0.15, -0.1) is 0 Å². The summed E-state index contributed by atoms with van der Waals surface area (Å²) >= 11 is 0. The van der Waals surface area contributed by atoms with Gasteiger partial charge in [0.2, 0.25) is 0 Å². The van der Waals surface area contributed by atoms with Gasteiger partial charge in [-0.3, -0.25) is 0 Å². The number of sulfone groups is 1. The quantitative estimate of drug-likeness (QED) is 0.623. The number of nitrogens with zero attached hydrogens (tertiary/aromatic N) is 2. The molecule has 1 N–H and O–H groups in total. The third-order valence-corrected chi connectivity index (χ3v) is 6.84. The highest BCUT2D eigenvalue weighted by Gasteiger charge is 2.23. The van der Waals surface area contributed by atoms with E-state index in [4.69, 9.17) is 0 Å². The van der Waals surface area contributed by atoms with E-state index in [1.165, 1.54) is 0 Å². The van der Waals surface area contributed by atoms with Gasteiger partial charge in [0.1, 0.15) is 0 Å². The lowest BCUT2D eigenvalue weighted by Gasteiger charge is -2.28. The largest absolute Gasteiger partial charge is 0.337 e. The summed E-state index contributed by atoms with van der Waals surface area (Å²) in [4.78, 5) is 16.7. The average molecular weight is 426 g/mol. The van der Waals surface area contributed by atoms with E-state index in [1.807, 2.05) is 19.9 Å². The molecule has 7 heteroatoms. The van der Waals surface area contributed by atoms with Crippen molar-refractivity contribution in [3.8, 4) is 0 Å². The molecule has 0 saturated carbocycles. The van der Waals surface area contributed by atoms with Crippen molar-refractivity contribution in [3.63, 3.8) is 0 Å². The van der Waals surface area contributed by atoms with Crippen molar-refractivity contribution in [2.45, 2.75) is 64.8 Å². The van der Waals surface area contributed by atoms with Crippen LogP contribution in [0.3, 0.4) is 0 Å². The summed E-state index contributed by atoms with van der Waals surface area (Å²) in [6, 6.07) is 6.81. The fraction of sp³-hybridized carbons (Fsp3) is 0.682. The molecule has 0 bridgehead atoms. The van der Waals surface area contributed by atoms with Crippen molar-refractivity contribution in [2.75, 3.05) is 38.5 Å². The molecule has 0 spiro atoms. The molecule has 0 radical (unpaired) electrons. The summed E-state index contributed by atoms with van der Waals surface area (Å²) in [6.45, 7) is 17.5. The minimum Gasteiger partial charge on any atom is -0.337 e. The van der Waals surface area contributed by atoms with Crippen LogP contribution in [0.1, 0.15) is 54.0 Å². The Labute approximate surface area is 177 Å². The summed E-state index contributed by atoms with van der Waals surface area (Å²) < 4.78 is 25.8. The van der Waals surface area contributed by atoms with E-state index in [-0.39, 0.29) is 29.8 Å². The van der Waals surface area contributed by atoms with Crippen molar-refractivity contribution in [1.82, 2.24) is 15.1 Å². The van der Waals surface area contributed by atoms with Crippen molar-refractivity contribution >= 4 is 15.9 Å². The maximum Gasteiger partial charge on any atom is 0.317 e. The van der Waals surface area contributed by atoms with Crippen molar-refractivity contribution in [1.29, 1.82) is 0 Å². The molecule has 6 nitrogen and oxygen atoms in total. The first kappa shape index (κ1) is 25.4. The molecule has 0 aromatic heterocycles. The molecule has 0 aliphatic heterocycles. The molecule has 0 saturated heterocycles. The molecular formula is C22H39N3O3S. The van der Waals surface area contributed by atoms with E-state index in [0.717, 1.165) is 25.2 Å². The fourth-order valence-corrected chi connectivity index (χ4v) is 4.31. The van der Waals surface area contributed by atoms with Gasteiger partial charge < -0.3 is 15.1 Å². The Hall–Kier alpha value is -1.60. The molecule has 0 heterocycles. The number of hydrogen-bond acceptors (Lipinski definition) is 4. The normalized spacial score (nSPS) is 12.4. The van der Waals surface area contributed by atoms with Crippen LogP contribution < -0.4 is 5.32 Å². The summed E-state index contributed by atoms with van der Waals surface area (Å²) in [7, 11) is -3.48. The van der Waals surface area contributed by atoms with Crippen LogP contribution in [0.5, 0.6) is 0 Å². The van der Waals surface area contributed by atoms with Gasteiger partial charge in [-0.05, 0) is 50.0 Å². The SMILES string of the molecule is CCN(CC)CCNC(=O)N(CCS(=O)(=O)c1cccc(C(C)(C)C)c1)C(C)C. The Morgan fingerprint density at radius 3 is 2.24 bits per heavy atom. The van der Waals surface area contributed by atoms with Crippen LogP contribution in [0.2, 0.25) is 0 Å². The Kier molecular flexibility index (Phi) is 9.62. The number of benzene rings is 1. The van der Waals surface area contributed by atoms with Crippen molar-refractivity contribution in [2.24, 2.45) is 0 Å². The molecule has 0 fully saturated rings. The molecule has 0 unspecified atom stereocenters. The molecule has 166 valence electrons. The zero-order valence-electron chi connectivity index (χ0n) is 19.2. The molecule has 0 atom stereocenters. The van der Waals surface area contributed by atoms with Crippen LogP contribution in [0.15, 0.2) is 29.2 Å². The Balaban J connectivity index is 2.79. The number of rotatable bonds is 10. The fourth-order valence-electron chi connectivity index (χ4n) is 3.05. The summed E-state index contributed by atoms with van der Waals surface area (Å²) in [5, 5.41) is 2.92. The van der Waals surface area contributed by atoms with E-state index in [2.05, 4.69) is 44.8 Å². The number of likely N-dealkylation sites (N-methyl/N-ethyl adjacent to an activating group) is 1. The molecule has 1 aromatic carbocycles. The Morgan fingerprint density at radius 2 is 1.72 bits per heavy atom. The van der Waals surface area contributed by atoms with Gasteiger partial charge in [-0.25, -0.2) is 13.2 Å². The molecule has 2 amide bonds. The molecule has 0 aliphatic rings. The lowest BCUT2D eigenvalue weighted by molar-refractivity contribution is 0.185. The van der Waals surface area contributed by atoms with Crippen molar-refractivity contribution in [3.05, 3.63) is 29.8 Å². The van der Waals surface area contributed by atoms with Gasteiger partial charge in [-0.1, -0.05) is 46.8 Å². The van der Waals surface area contributed by atoms with Crippen LogP contribution >= 0.6 is 0 Å². The molecule has 1 rings (SSSR count).